The molecule has 0 fully saturated rings. The van der Waals surface area contributed by atoms with Crippen molar-refractivity contribution < 1.29 is 4.79 Å². The summed E-state index contributed by atoms with van der Waals surface area (Å²) >= 11 is 0. The monoisotopic (exact) mass is 278 g/mol. The van der Waals surface area contributed by atoms with Gasteiger partial charge in [0.05, 0.1) is 0 Å². The molecule has 0 saturated heterocycles. The largest absolute Gasteiger partial charge is 0.385 e. The zero-order valence-electron chi connectivity index (χ0n) is 13.1. The molecule has 0 saturated carbocycles. The van der Waals surface area contributed by atoms with Crippen LogP contribution in [0, 0.1) is 5.92 Å². The number of carbonyl (C=O) groups excluding carboxylic acids is 1. The second kappa shape index (κ2) is 7.85. The van der Waals surface area contributed by atoms with Gasteiger partial charge in [-0.25, -0.2) is 0 Å². The lowest BCUT2D eigenvalue weighted by molar-refractivity contribution is 0.0911. The fourth-order valence-corrected chi connectivity index (χ4v) is 1.93. The molecular weight excluding hydrogens is 252 g/mol. The van der Waals surface area contributed by atoms with E-state index in [1.165, 1.54) is 0 Å². The highest BCUT2D eigenvalue weighted by molar-refractivity contribution is 5.93. The Labute approximate surface area is 121 Å². The number of amides is 1. The predicted molar refractivity (Wildman–Crippen MR) is 83.0 cm³/mol. The number of nitrogens with zero attached hydrogens (tertiary/aromatic N) is 2. The fraction of sp³-hybridized carbons (Fsp3) is 0.600. The van der Waals surface area contributed by atoms with Gasteiger partial charge in [-0.3, -0.25) is 9.78 Å². The molecule has 1 aromatic rings. The maximum atomic E-state index is 12.3. The molecule has 0 aliphatic heterocycles. The Kier molecular flexibility index (Phi) is 6.45. The molecule has 1 heterocycles. The smallest absolute Gasteiger partial charge is 0.270 e. The van der Waals surface area contributed by atoms with Gasteiger partial charge in [-0.2, -0.15) is 0 Å². The molecule has 1 aromatic heterocycles. The summed E-state index contributed by atoms with van der Waals surface area (Å²) in [5, 5.41) is 6.25. The van der Waals surface area contributed by atoms with E-state index in [4.69, 9.17) is 0 Å². The Morgan fingerprint density at radius 3 is 2.65 bits per heavy atom. The minimum Gasteiger partial charge on any atom is -0.385 e. The molecule has 0 radical (unpaired) electrons. The van der Waals surface area contributed by atoms with Crippen molar-refractivity contribution in [3.63, 3.8) is 0 Å². The zero-order chi connectivity index (χ0) is 15.1. The lowest BCUT2D eigenvalue weighted by Gasteiger charge is -2.25. The van der Waals surface area contributed by atoms with Crippen molar-refractivity contribution >= 4 is 11.6 Å². The number of likely N-dealkylation sites (N-methyl/N-ethyl adjacent to an activating group) is 1. The molecule has 0 bridgehead atoms. The van der Waals surface area contributed by atoms with Gasteiger partial charge in [-0.05, 0) is 39.1 Å². The minimum atomic E-state index is -0.120. The van der Waals surface area contributed by atoms with Crippen molar-refractivity contribution in [2.45, 2.75) is 26.8 Å². The van der Waals surface area contributed by atoms with E-state index in [2.05, 4.69) is 34.4 Å². The van der Waals surface area contributed by atoms with Gasteiger partial charge < -0.3 is 15.5 Å². The van der Waals surface area contributed by atoms with Gasteiger partial charge in [0.15, 0.2) is 0 Å². The molecule has 112 valence electrons. The van der Waals surface area contributed by atoms with Gasteiger partial charge in [-0.15, -0.1) is 0 Å². The van der Waals surface area contributed by atoms with E-state index in [-0.39, 0.29) is 11.9 Å². The first-order chi connectivity index (χ1) is 9.43. The van der Waals surface area contributed by atoms with Crippen LogP contribution in [0.15, 0.2) is 18.3 Å². The standard InChI is InChI=1S/C15H26N4O/c1-6-16-12-7-8-17-13(9-12)15(20)18-14(11(2)3)10-19(4)5/h7-9,11,14H,6,10H2,1-5H3,(H,16,17)(H,18,20). The number of pyridine rings is 1. The van der Waals surface area contributed by atoms with Crippen molar-refractivity contribution in [2.24, 2.45) is 5.92 Å². The summed E-state index contributed by atoms with van der Waals surface area (Å²) in [7, 11) is 4.01. The fourth-order valence-electron chi connectivity index (χ4n) is 1.93. The molecule has 0 aliphatic carbocycles. The summed E-state index contributed by atoms with van der Waals surface area (Å²) in [5.41, 5.74) is 1.37. The highest BCUT2D eigenvalue weighted by Gasteiger charge is 2.18. The maximum absolute atomic E-state index is 12.3. The highest BCUT2D eigenvalue weighted by Crippen LogP contribution is 2.09. The average molecular weight is 278 g/mol. The van der Waals surface area contributed by atoms with E-state index in [1.54, 1.807) is 12.3 Å². The molecular formula is C15H26N4O. The Morgan fingerprint density at radius 2 is 2.10 bits per heavy atom. The Bertz CT molecular complexity index is 432. The van der Waals surface area contributed by atoms with E-state index >= 15 is 0 Å². The van der Waals surface area contributed by atoms with Crippen LogP contribution in [-0.2, 0) is 0 Å². The summed E-state index contributed by atoms with van der Waals surface area (Å²) in [6.45, 7) is 7.87. The van der Waals surface area contributed by atoms with Crippen LogP contribution in [0.1, 0.15) is 31.3 Å². The second-order valence-electron chi connectivity index (χ2n) is 5.55. The normalized spacial score (nSPS) is 12.6. The van der Waals surface area contributed by atoms with Crippen molar-refractivity contribution in [1.82, 2.24) is 15.2 Å². The third kappa shape index (κ3) is 5.17. The number of anilines is 1. The van der Waals surface area contributed by atoms with Crippen LogP contribution in [0.3, 0.4) is 0 Å². The Balaban J connectivity index is 2.75. The number of nitrogens with one attached hydrogen (secondary N) is 2. The van der Waals surface area contributed by atoms with Gasteiger partial charge in [0.25, 0.3) is 5.91 Å². The molecule has 5 heteroatoms. The molecule has 1 amide bonds. The van der Waals surface area contributed by atoms with Crippen molar-refractivity contribution in [2.75, 3.05) is 32.5 Å². The first-order valence-electron chi connectivity index (χ1n) is 7.09. The summed E-state index contributed by atoms with van der Waals surface area (Å²) in [5.74, 6) is 0.253. The Morgan fingerprint density at radius 1 is 1.40 bits per heavy atom. The average Bonchev–Trinajstić information content (AvgIpc) is 2.38. The van der Waals surface area contributed by atoms with Crippen LogP contribution in [0.25, 0.3) is 0 Å². The second-order valence-corrected chi connectivity index (χ2v) is 5.55. The van der Waals surface area contributed by atoms with Crippen LogP contribution in [0.2, 0.25) is 0 Å². The SMILES string of the molecule is CCNc1ccnc(C(=O)NC(CN(C)C)C(C)C)c1. The van der Waals surface area contributed by atoms with Gasteiger partial charge in [0.1, 0.15) is 5.69 Å². The Hall–Kier alpha value is -1.62. The maximum Gasteiger partial charge on any atom is 0.270 e. The molecule has 2 N–H and O–H groups in total. The summed E-state index contributed by atoms with van der Waals surface area (Å²) in [6.07, 6.45) is 1.66. The third-order valence-electron chi connectivity index (χ3n) is 3.06. The van der Waals surface area contributed by atoms with E-state index in [0.717, 1.165) is 18.8 Å². The first-order valence-corrected chi connectivity index (χ1v) is 7.09. The number of aromatic nitrogens is 1. The quantitative estimate of drug-likeness (QED) is 0.799. The summed E-state index contributed by atoms with van der Waals surface area (Å²) in [6, 6.07) is 3.76. The van der Waals surface area contributed by atoms with Gasteiger partial charge in [-0.1, -0.05) is 13.8 Å². The van der Waals surface area contributed by atoms with Crippen LogP contribution in [0.4, 0.5) is 5.69 Å². The summed E-state index contributed by atoms with van der Waals surface area (Å²) in [4.78, 5) is 18.5. The first kappa shape index (κ1) is 16.4. The van der Waals surface area contributed by atoms with Crippen molar-refractivity contribution in [1.29, 1.82) is 0 Å². The van der Waals surface area contributed by atoms with Crippen molar-refractivity contribution in [3.8, 4) is 0 Å². The molecule has 5 nitrogen and oxygen atoms in total. The highest BCUT2D eigenvalue weighted by atomic mass is 16.1. The van der Waals surface area contributed by atoms with E-state index in [1.807, 2.05) is 27.1 Å². The molecule has 1 unspecified atom stereocenters. The zero-order valence-corrected chi connectivity index (χ0v) is 13.1. The lowest BCUT2D eigenvalue weighted by Crippen LogP contribution is -2.45. The number of hydrogen-bond acceptors (Lipinski definition) is 4. The lowest BCUT2D eigenvalue weighted by atomic mass is 10.0. The van der Waals surface area contributed by atoms with Crippen molar-refractivity contribution in [3.05, 3.63) is 24.0 Å². The molecule has 0 aliphatic rings. The minimum absolute atomic E-state index is 0.113. The van der Waals surface area contributed by atoms with Crippen LogP contribution in [-0.4, -0.2) is 49.0 Å². The van der Waals surface area contributed by atoms with E-state index < -0.39 is 0 Å². The van der Waals surface area contributed by atoms with Gasteiger partial charge in [0, 0.05) is 31.0 Å². The molecule has 20 heavy (non-hydrogen) atoms. The molecule has 0 aromatic carbocycles. The van der Waals surface area contributed by atoms with E-state index in [9.17, 15) is 4.79 Å². The van der Waals surface area contributed by atoms with E-state index in [0.29, 0.717) is 11.6 Å². The molecule has 0 spiro atoms. The van der Waals surface area contributed by atoms with Crippen LogP contribution in [0.5, 0.6) is 0 Å². The van der Waals surface area contributed by atoms with Crippen LogP contribution < -0.4 is 10.6 Å². The molecule has 1 rings (SSSR count). The molecule has 1 atom stereocenters. The van der Waals surface area contributed by atoms with Gasteiger partial charge in [0.2, 0.25) is 0 Å². The van der Waals surface area contributed by atoms with Crippen LogP contribution >= 0.6 is 0 Å². The number of hydrogen-bond donors (Lipinski definition) is 2. The predicted octanol–water partition coefficient (Wildman–Crippen LogP) is 1.83. The summed E-state index contributed by atoms with van der Waals surface area (Å²) < 4.78 is 0. The topological polar surface area (TPSA) is 57.3 Å². The number of carbonyl (C=O) groups is 1. The van der Waals surface area contributed by atoms with Gasteiger partial charge >= 0.3 is 0 Å². The number of rotatable bonds is 7. The third-order valence-corrected chi connectivity index (χ3v) is 3.06.